The lowest BCUT2D eigenvalue weighted by Crippen LogP contribution is -2.52. The summed E-state index contributed by atoms with van der Waals surface area (Å²) in [5.74, 6) is -0.0634. The summed E-state index contributed by atoms with van der Waals surface area (Å²) in [6.45, 7) is 6.05. The van der Waals surface area contributed by atoms with Crippen LogP contribution in [0.1, 0.15) is 27.2 Å². The highest BCUT2D eigenvalue weighted by Gasteiger charge is 2.35. The molecule has 0 aromatic carbocycles. The molecule has 0 aliphatic carbocycles. The summed E-state index contributed by atoms with van der Waals surface area (Å²) in [6.07, 6.45) is -4.72. The predicted molar refractivity (Wildman–Crippen MR) is 57.9 cm³/mol. The van der Waals surface area contributed by atoms with E-state index < -0.39 is 24.2 Å². The molecule has 6 heteroatoms. The molecule has 1 N–H and O–H groups in total. The Balaban J connectivity index is 2.25. The van der Waals surface area contributed by atoms with Gasteiger partial charge in [-0.25, -0.2) is 13.6 Å². The third-order valence-corrected chi connectivity index (χ3v) is 2.47. The van der Waals surface area contributed by atoms with E-state index in [0.29, 0.717) is 13.1 Å². The van der Waals surface area contributed by atoms with Gasteiger partial charge in [-0.15, -0.1) is 0 Å². The van der Waals surface area contributed by atoms with Crippen LogP contribution < -0.4 is 0 Å². The second kappa shape index (κ2) is 5.16. The van der Waals surface area contributed by atoms with Crippen molar-refractivity contribution in [1.29, 1.82) is 0 Å². The first kappa shape index (κ1) is 14.2. The van der Waals surface area contributed by atoms with E-state index in [-0.39, 0.29) is 12.3 Å². The molecule has 100 valence electrons. The number of amides is 1. The molecule has 0 saturated carbocycles. The van der Waals surface area contributed by atoms with Gasteiger partial charge < -0.3 is 14.7 Å². The molecule has 1 heterocycles. The van der Waals surface area contributed by atoms with Crippen LogP contribution in [0.3, 0.4) is 0 Å². The third-order valence-electron chi connectivity index (χ3n) is 2.47. The summed E-state index contributed by atoms with van der Waals surface area (Å²) >= 11 is 0. The molecule has 1 aliphatic rings. The number of ether oxygens (including phenoxy) is 1. The minimum atomic E-state index is -2.72. The van der Waals surface area contributed by atoms with Gasteiger partial charge in [0.2, 0.25) is 0 Å². The highest BCUT2D eigenvalue weighted by atomic mass is 19.3. The molecule has 1 atom stereocenters. The van der Waals surface area contributed by atoms with Crippen molar-refractivity contribution in [3.63, 3.8) is 0 Å². The van der Waals surface area contributed by atoms with E-state index in [1.807, 2.05) is 0 Å². The molecule has 1 saturated heterocycles. The van der Waals surface area contributed by atoms with Crippen molar-refractivity contribution >= 4 is 6.09 Å². The van der Waals surface area contributed by atoms with Gasteiger partial charge in [-0.1, -0.05) is 0 Å². The van der Waals surface area contributed by atoms with E-state index in [9.17, 15) is 13.6 Å². The Hall–Kier alpha value is -0.910. The van der Waals surface area contributed by atoms with Crippen molar-refractivity contribution in [2.45, 2.75) is 45.3 Å². The zero-order chi connectivity index (χ0) is 13.2. The van der Waals surface area contributed by atoms with Gasteiger partial charge in [-0.2, -0.15) is 0 Å². The lowest BCUT2D eigenvalue weighted by molar-refractivity contribution is -0.0429. The van der Waals surface area contributed by atoms with E-state index in [1.165, 1.54) is 4.90 Å². The Bertz CT molecular complexity index is 272. The monoisotopic (exact) mass is 251 g/mol. The first-order valence-corrected chi connectivity index (χ1v) is 5.63. The average molecular weight is 251 g/mol. The number of likely N-dealkylation sites (tertiary alicyclic amines) is 1. The molecule has 4 nitrogen and oxygen atoms in total. The SMILES string of the molecule is CC(C)(C)OC(=O)N1CC(CC(O)C(F)F)C1. The number of halogens is 2. The highest BCUT2D eigenvalue weighted by Crippen LogP contribution is 2.24. The predicted octanol–water partition coefficient (Wildman–Crippen LogP) is 1.87. The maximum Gasteiger partial charge on any atom is 0.410 e. The zero-order valence-corrected chi connectivity index (χ0v) is 10.3. The van der Waals surface area contributed by atoms with Crippen LogP contribution in [-0.4, -0.2) is 47.3 Å². The lowest BCUT2D eigenvalue weighted by Gasteiger charge is -2.40. The normalized spacial score (nSPS) is 19.1. The fourth-order valence-corrected chi connectivity index (χ4v) is 1.64. The van der Waals surface area contributed by atoms with Crippen molar-refractivity contribution in [2.75, 3.05) is 13.1 Å². The van der Waals surface area contributed by atoms with Crippen LogP contribution >= 0.6 is 0 Å². The van der Waals surface area contributed by atoms with E-state index in [4.69, 9.17) is 9.84 Å². The van der Waals surface area contributed by atoms with Crippen molar-refractivity contribution in [2.24, 2.45) is 5.92 Å². The molecule has 0 aromatic heterocycles. The molecule has 1 fully saturated rings. The van der Waals surface area contributed by atoms with Gasteiger partial charge in [0, 0.05) is 13.1 Å². The summed E-state index contributed by atoms with van der Waals surface area (Å²) in [5.41, 5.74) is -0.551. The lowest BCUT2D eigenvalue weighted by atomic mass is 9.94. The van der Waals surface area contributed by atoms with Crippen LogP contribution in [0.25, 0.3) is 0 Å². The first-order chi connectivity index (χ1) is 7.69. The Morgan fingerprint density at radius 1 is 1.47 bits per heavy atom. The minimum absolute atomic E-state index is 0.0248. The van der Waals surface area contributed by atoms with Gasteiger partial charge >= 0.3 is 6.09 Å². The van der Waals surface area contributed by atoms with E-state index in [2.05, 4.69) is 0 Å². The third kappa shape index (κ3) is 4.46. The van der Waals surface area contributed by atoms with Crippen LogP contribution in [0, 0.1) is 5.92 Å². The van der Waals surface area contributed by atoms with Crippen LogP contribution in [0.2, 0.25) is 0 Å². The minimum Gasteiger partial charge on any atom is -0.444 e. The topological polar surface area (TPSA) is 49.8 Å². The number of aliphatic hydroxyl groups is 1. The summed E-state index contributed by atoms with van der Waals surface area (Å²) in [7, 11) is 0. The second-order valence-electron chi connectivity index (χ2n) is 5.39. The maximum absolute atomic E-state index is 12.1. The number of aliphatic hydroxyl groups excluding tert-OH is 1. The standard InChI is InChI=1S/C11H19F2NO3/c1-11(2,3)17-10(16)14-5-7(6-14)4-8(15)9(12)13/h7-9,15H,4-6H2,1-3H3. The molecule has 1 amide bonds. The molecule has 0 spiro atoms. The average Bonchev–Trinajstić information content (AvgIpc) is 2.06. The number of alkyl halides is 2. The molecule has 1 aliphatic heterocycles. The van der Waals surface area contributed by atoms with Gasteiger partial charge in [0.15, 0.2) is 0 Å². The van der Waals surface area contributed by atoms with Gasteiger partial charge in [0.05, 0.1) is 0 Å². The number of carbonyl (C=O) groups is 1. The van der Waals surface area contributed by atoms with Crippen molar-refractivity contribution in [3.8, 4) is 0 Å². The Labute approximate surface area is 99.5 Å². The molecule has 1 unspecified atom stereocenters. The van der Waals surface area contributed by atoms with Crippen LogP contribution in [0.5, 0.6) is 0 Å². The number of carbonyl (C=O) groups excluding carboxylic acids is 1. The fraction of sp³-hybridized carbons (Fsp3) is 0.909. The molecular formula is C11H19F2NO3. The van der Waals surface area contributed by atoms with Crippen molar-refractivity contribution in [1.82, 2.24) is 4.90 Å². The smallest absolute Gasteiger partial charge is 0.410 e. The number of hydrogen-bond donors (Lipinski definition) is 1. The fourth-order valence-electron chi connectivity index (χ4n) is 1.64. The summed E-state index contributed by atoms with van der Waals surface area (Å²) in [4.78, 5) is 13.0. The number of rotatable bonds is 3. The van der Waals surface area contributed by atoms with E-state index in [1.54, 1.807) is 20.8 Å². The molecule has 0 aromatic rings. The van der Waals surface area contributed by atoms with Crippen molar-refractivity contribution in [3.05, 3.63) is 0 Å². The van der Waals surface area contributed by atoms with E-state index in [0.717, 1.165) is 0 Å². The Morgan fingerprint density at radius 2 is 2.00 bits per heavy atom. The second-order valence-corrected chi connectivity index (χ2v) is 5.39. The summed E-state index contributed by atoms with van der Waals surface area (Å²) in [5, 5.41) is 8.99. The van der Waals surface area contributed by atoms with Crippen LogP contribution in [0.15, 0.2) is 0 Å². The maximum atomic E-state index is 12.1. The van der Waals surface area contributed by atoms with Crippen molar-refractivity contribution < 1.29 is 23.4 Å². The van der Waals surface area contributed by atoms with Gasteiger partial charge in [-0.3, -0.25) is 0 Å². The van der Waals surface area contributed by atoms with Gasteiger partial charge in [0.25, 0.3) is 6.43 Å². The quantitative estimate of drug-likeness (QED) is 0.833. The van der Waals surface area contributed by atoms with Crippen LogP contribution in [-0.2, 0) is 4.74 Å². The molecule has 0 bridgehead atoms. The Morgan fingerprint density at radius 3 is 2.41 bits per heavy atom. The molecule has 17 heavy (non-hydrogen) atoms. The largest absolute Gasteiger partial charge is 0.444 e. The first-order valence-electron chi connectivity index (χ1n) is 5.63. The zero-order valence-electron chi connectivity index (χ0n) is 10.3. The summed E-state index contributed by atoms with van der Waals surface area (Å²) < 4.78 is 29.3. The summed E-state index contributed by atoms with van der Waals surface area (Å²) in [6, 6.07) is 0. The highest BCUT2D eigenvalue weighted by molar-refractivity contribution is 5.69. The Kier molecular flexibility index (Phi) is 4.30. The van der Waals surface area contributed by atoms with Gasteiger partial charge in [0.1, 0.15) is 11.7 Å². The number of nitrogens with zero attached hydrogens (tertiary/aromatic N) is 1. The molecule has 1 rings (SSSR count). The van der Waals surface area contributed by atoms with E-state index >= 15 is 0 Å². The van der Waals surface area contributed by atoms with Gasteiger partial charge in [-0.05, 0) is 33.1 Å². The molecule has 0 radical (unpaired) electrons. The van der Waals surface area contributed by atoms with Crippen LogP contribution in [0.4, 0.5) is 13.6 Å². The molecular weight excluding hydrogens is 232 g/mol. The number of hydrogen-bond acceptors (Lipinski definition) is 3.